The SMILES string of the molecule is Cc1cccc(Nc2cncc(C3CCCN(C)C3)n2)n1. The molecule has 0 saturated carbocycles. The van der Waals surface area contributed by atoms with Crippen LogP contribution < -0.4 is 5.32 Å². The third kappa shape index (κ3) is 3.55. The zero-order valence-corrected chi connectivity index (χ0v) is 12.6. The standard InChI is InChI=1S/C16H21N5/c1-12-5-3-7-15(18-12)20-16-10-17-9-14(19-16)13-6-4-8-21(2)11-13/h3,5,7,9-10,13H,4,6,8,11H2,1-2H3,(H,18,19,20). The van der Waals surface area contributed by atoms with Crippen molar-refractivity contribution in [3.63, 3.8) is 0 Å². The van der Waals surface area contributed by atoms with Crippen molar-refractivity contribution in [2.24, 2.45) is 0 Å². The van der Waals surface area contributed by atoms with Crippen LogP contribution in [-0.2, 0) is 0 Å². The Hall–Kier alpha value is -2.01. The second-order valence-electron chi connectivity index (χ2n) is 5.72. The van der Waals surface area contributed by atoms with Gasteiger partial charge < -0.3 is 10.2 Å². The van der Waals surface area contributed by atoms with Gasteiger partial charge >= 0.3 is 0 Å². The van der Waals surface area contributed by atoms with Crippen LogP contribution in [0.15, 0.2) is 30.6 Å². The number of aromatic nitrogens is 3. The molecular formula is C16H21N5. The maximum Gasteiger partial charge on any atom is 0.150 e. The predicted molar refractivity (Wildman–Crippen MR) is 83.8 cm³/mol. The van der Waals surface area contributed by atoms with E-state index in [-0.39, 0.29) is 0 Å². The Kier molecular flexibility index (Phi) is 4.10. The molecule has 110 valence electrons. The van der Waals surface area contributed by atoms with Gasteiger partial charge in [-0.3, -0.25) is 4.98 Å². The number of piperidine rings is 1. The van der Waals surface area contributed by atoms with Crippen molar-refractivity contribution in [2.75, 3.05) is 25.5 Å². The second-order valence-corrected chi connectivity index (χ2v) is 5.72. The van der Waals surface area contributed by atoms with Crippen LogP contribution in [0.5, 0.6) is 0 Å². The summed E-state index contributed by atoms with van der Waals surface area (Å²) in [6, 6.07) is 5.90. The number of anilines is 2. The van der Waals surface area contributed by atoms with E-state index >= 15 is 0 Å². The minimum Gasteiger partial charge on any atom is -0.324 e. The molecule has 0 aromatic carbocycles. The van der Waals surface area contributed by atoms with Crippen LogP contribution in [0.2, 0.25) is 0 Å². The molecule has 0 bridgehead atoms. The van der Waals surface area contributed by atoms with E-state index in [2.05, 4.69) is 27.2 Å². The largest absolute Gasteiger partial charge is 0.324 e. The van der Waals surface area contributed by atoms with Crippen LogP contribution in [-0.4, -0.2) is 40.0 Å². The molecule has 5 heteroatoms. The summed E-state index contributed by atoms with van der Waals surface area (Å²) in [7, 11) is 2.17. The lowest BCUT2D eigenvalue weighted by atomic mass is 9.95. The summed E-state index contributed by atoms with van der Waals surface area (Å²) in [5.74, 6) is 2.05. The summed E-state index contributed by atoms with van der Waals surface area (Å²) >= 11 is 0. The van der Waals surface area contributed by atoms with Crippen LogP contribution in [0.4, 0.5) is 11.6 Å². The lowest BCUT2D eigenvalue weighted by Gasteiger charge is -2.29. The molecule has 0 aliphatic carbocycles. The van der Waals surface area contributed by atoms with E-state index in [0.717, 1.165) is 29.6 Å². The average Bonchev–Trinajstić information content (AvgIpc) is 2.47. The molecule has 0 spiro atoms. The third-order valence-corrected chi connectivity index (χ3v) is 3.84. The molecule has 3 heterocycles. The molecule has 1 aliphatic heterocycles. The van der Waals surface area contributed by atoms with Gasteiger partial charge in [-0.15, -0.1) is 0 Å². The summed E-state index contributed by atoms with van der Waals surface area (Å²) in [5, 5.41) is 3.24. The van der Waals surface area contributed by atoms with Gasteiger partial charge in [0.1, 0.15) is 11.6 Å². The Bertz CT molecular complexity index is 613. The number of likely N-dealkylation sites (N-methyl/N-ethyl adjacent to an activating group) is 1. The number of hydrogen-bond donors (Lipinski definition) is 1. The quantitative estimate of drug-likeness (QED) is 0.938. The molecule has 2 aromatic heterocycles. The predicted octanol–water partition coefficient (Wildman–Crippen LogP) is 2.73. The first-order valence-corrected chi connectivity index (χ1v) is 7.42. The molecule has 21 heavy (non-hydrogen) atoms. The van der Waals surface area contributed by atoms with Crippen LogP contribution in [0.25, 0.3) is 0 Å². The topological polar surface area (TPSA) is 53.9 Å². The Labute approximate surface area is 125 Å². The maximum atomic E-state index is 4.72. The van der Waals surface area contributed by atoms with Crippen molar-refractivity contribution < 1.29 is 0 Å². The summed E-state index contributed by atoms with van der Waals surface area (Å²) in [4.78, 5) is 15.8. The first kappa shape index (κ1) is 13.9. The molecule has 1 fully saturated rings. The smallest absolute Gasteiger partial charge is 0.150 e. The van der Waals surface area contributed by atoms with E-state index in [4.69, 9.17) is 4.98 Å². The zero-order chi connectivity index (χ0) is 14.7. The van der Waals surface area contributed by atoms with Crippen molar-refractivity contribution in [1.82, 2.24) is 19.9 Å². The van der Waals surface area contributed by atoms with E-state index in [0.29, 0.717) is 5.92 Å². The molecular weight excluding hydrogens is 262 g/mol. The number of likely N-dealkylation sites (tertiary alicyclic amines) is 1. The van der Waals surface area contributed by atoms with Gasteiger partial charge in [0.15, 0.2) is 0 Å². The summed E-state index contributed by atoms with van der Waals surface area (Å²) in [6.07, 6.45) is 6.05. The first-order chi connectivity index (χ1) is 10.2. The highest BCUT2D eigenvalue weighted by atomic mass is 15.1. The minimum absolute atomic E-state index is 0.475. The molecule has 5 nitrogen and oxygen atoms in total. The Morgan fingerprint density at radius 2 is 2.10 bits per heavy atom. The van der Waals surface area contributed by atoms with Gasteiger partial charge in [-0.2, -0.15) is 0 Å². The monoisotopic (exact) mass is 283 g/mol. The summed E-state index contributed by atoms with van der Waals surface area (Å²) in [5.41, 5.74) is 2.05. The first-order valence-electron chi connectivity index (χ1n) is 7.42. The van der Waals surface area contributed by atoms with Gasteiger partial charge in [-0.25, -0.2) is 9.97 Å². The molecule has 1 unspecified atom stereocenters. The second kappa shape index (κ2) is 6.18. The molecule has 0 radical (unpaired) electrons. The number of nitrogens with zero attached hydrogens (tertiary/aromatic N) is 4. The molecule has 2 aromatic rings. The fraction of sp³-hybridized carbons (Fsp3) is 0.438. The summed E-state index contributed by atoms with van der Waals surface area (Å²) in [6.45, 7) is 4.21. The Morgan fingerprint density at radius 3 is 2.90 bits per heavy atom. The van der Waals surface area contributed by atoms with Gasteiger partial charge in [0.2, 0.25) is 0 Å². The van der Waals surface area contributed by atoms with Crippen LogP contribution in [0.1, 0.15) is 30.1 Å². The Morgan fingerprint density at radius 1 is 1.19 bits per heavy atom. The highest BCUT2D eigenvalue weighted by Crippen LogP contribution is 2.25. The number of rotatable bonds is 3. The highest BCUT2D eigenvalue weighted by molar-refractivity contribution is 5.50. The molecule has 0 amide bonds. The van der Waals surface area contributed by atoms with Gasteiger partial charge in [0.05, 0.1) is 11.9 Å². The van der Waals surface area contributed by atoms with E-state index < -0.39 is 0 Å². The lowest BCUT2D eigenvalue weighted by molar-refractivity contribution is 0.248. The average molecular weight is 283 g/mol. The van der Waals surface area contributed by atoms with Crippen LogP contribution >= 0.6 is 0 Å². The van der Waals surface area contributed by atoms with Crippen molar-refractivity contribution >= 4 is 11.6 Å². The Balaban J connectivity index is 1.76. The lowest BCUT2D eigenvalue weighted by Crippen LogP contribution is -2.31. The number of nitrogens with one attached hydrogen (secondary N) is 1. The molecule has 3 rings (SSSR count). The van der Waals surface area contributed by atoms with E-state index in [1.165, 1.54) is 19.4 Å². The van der Waals surface area contributed by atoms with Crippen molar-refractivity contribution in [3.05, 3.63) is 42.0 Å². The van der Waals surface area contributed by atoms with Crippen LogP contribution in [0, 0.1) is 6.92 Å². The normalized spacial score (nSPS) is 19.4. The van der Waals surface area contributed by atoms with Crippen molar-refractivity contribution in [2.45, 2.75) is 25.7 Å². The van der Waals surface area contributed by atoms with E-state index in [1.54, 1.807) is 6.20 Å². The summed E-state index contributed by atoms with van der Waals surface area (Å²) < 4.78 is 0. The fourth-order valence-corrected chi connectivity index (χ4v) is 2.79. The highest BCUT2D eigenvalue weighted by Gasteiger charge is 2.20. The van der Waals surface area contributed by atoms with Gasteiger partial charge in [0.25, 0.3) is 0 Å². The van der Waals surface area contributed by atoms with E-state index in [9.17, 15) is 0 Å². The van der Waals surface area contributed by atoms with Crippen LogP contribution in [0.3, 0.4) is 0 Å². The molecule has 1 atom stereocenters. The maximum absolute atomic E-state index is 4.72. The number of hydrogen-bond acceptors (Lipinski definition) is 5. The molecule has 1 aliphatic rings. The van der Waals surface area contributed by atoms with Gasteiger partial charge in [0, 0.05) is 24.4 Å². The number of aryl methyl sites for hydroxylation is 1. The van der Waals surface area contributed by atoms with Gasteiger partial charge in [-0.05, 0) is 45.5 Å². The molecule has 1 saturated heterocycles. The minimum atomic E-state index is 0.475. The fourth-order valence-electron chi connectivity index (χ4n) is 2.79. The van der Waals surface area contributed by atoms with Gasteiger partial charge in [-0.1, -0.05) is 6.07 Å². The number of pyridine rings is 1. The van der Waals surface area contributed by atoms with Crippen molar-refractivity contribution in [3.8, 4) is 0 Å². The zero-order valence-electron chi connectivity index (χ0n) is 12.6. The van der Waals surface area contributed by atoms with E-state index in [1.807, 2.05) is 31.3 Å². The third-order valence-electron chi connectivity index (χ3n) is 3.84. The molecule has 1 N–H and O–H groups in total. The van der Waals surface area contributed by atoms with Crippen molar-refractivity contribution in [1.29, 1.82) is 0 Å².